The minimum Gasteiger partial charge on any atom is -0.483 e. The number of alkyl halides is 10. The van der Waals surface area contributed by atoms with Crippen molar-refractivity contribution in [1.29, 1.82) is 0 Å². The van der Waals surface area contributed by atoms with Gasteiger partial charge in [-0.15, -0.1) is 0 Å². The molecule has 0 spiro atoms. The van der Waals surface area contributed by atoms with E-state index in [-0.39, 0.29) is 10.9 Å². The fraction of sp³-hybridized carbons (Fsp3) is 0.312. The van der Waals surface area contributed by atoms with Gasteiger partial charge in [0.05, 0.1) is 6.21 Å². The third-order valence-corrected chi connectivity index (χ3v) is 3.47. The average Bonchev–Trinajstić information content (AvgIpc) is 2.58. The highest BCUT2D eigenvalue weighted by Crippen LogP contribution is 2.45. The molecule has 1 N–H and O–H groups in total. The van der Waals surface area contributed by atoms with Crippen molar-refractivity contribution in [3.8, 4) is 5.75 Å². The van der Waals surface area contributed by atoms with Crippen LogP contribution >= 0.6 is 0 Å². The minimum atomic E-state index is -6.57. The lowest BCUT2D eigenvalue weighted by molar-refractivity contribution is -0.361. The summed E-state index contributed by atoms with van der Waals surface area (Å²) < 4.78 is 130. The summed E-state index contributed by atoms with van der Waals surface area (Å²) >= 11 is 0. The van der Waals surface area contributed by atoms with Gasteiger partial charge in [-0.2, -0.15) is 49.0 Å². The average molecular weight is 436 g/mol. The second-order valence-electron chi connectivity index (χ2n) is 5.62. The Balaban J connectivity index is 2.38. The lowest BCUT2D eigenvalue weighted by Crippen LogP contribution is -2.58. The fourth-order valence-electron chi connectivity index (χ4n) is 2.12. The van der Waals surface area contributed by atoms with Crippen molar-refractivity contribution in [3.05, 3.63) is 42.0 Å². The van der Waals surface area contributed by atoms with Crippen LogP contribution in [0.3, 0.4) is 0 Å². The highest BCUT2D eigenvalue weighted by Gasteiger charge is 2.73. The largest absolute Gasteiger partial charge is 0.483 e. The molecular formula is C16H10F10N2O. The van der Waals surface area contributed by atoms with Crippen LogP contribution in [0.2, 0.25) is 0 Å². The predicted molar refractivity (Wildman–Crippen MR) is 82.2 cm³/mol. The molecule has 29 heavy (non-hydrogen) atoms. The van der Waals surface area contributed by atoms with E-state index in [4.69, 9.17) is 0 Å². The summed E-state index contributed by atoms with van der Waals surface area (Å²) in [5.41, 5.74) is 0.0652. The van der Waals surface area contributed by atoms with Gasteiger partial charge in [0.1, 0.15) is 5.75 Å². The number of rotatable bonds is 6. The van der Waals surface area contributed by atoms with E-state index in [1.165, 1.54) is 30.3 Å². The van der Waals surface area contributed by atoms with Crippen molar-refractivity contribution >= 4 is 17.0 Å². The maximum atomic E-state index is 13.2. The molecule has 0 radical (unpaired) electrons. The first-order valence-electron chi connectivity index (χ1n) is 7.49. The second-order valence-corrected chi connectivity index (χ2v) is 5.62. The summed E-state index contributed by atoms with van der Waals surface area (Å²) in [5, 5.41) is 3.20. The lowest BCUT2D eigenvalue weighted by Gasteiger charge is -2.27. The molecule has 2 aromatic carbocycles. The summed E-state index contributed by atoms with van der Waals surface area (Å²) in [6.45, 7) is -1.76. The molecule has 0 saturated carbocycles. The molecule has 0 aromatic heterocycles. The molecule has 0 bridgehead atoms. The Morgan fingerprint density at radius 3 is 2.07 bits per heavy atom. The molecule has 0 amide bonds. The van der Waals surface area contributed by atoms with E-state index in [0.29, 0.717) is 17.0 Å². The monoisotopic (exact) mass is 436 g/mol. The molecule has 160 valence electrons. The van der Waals surface area contributed by atoms with E-state index < -0.39 is 36.7 Å². The maximum Gasteiger partial charge on any atom is 0.462 e. The summed E-state index contributed by atoms with van der Waals surface area (Å²) in [6.07, 6.45) is -11.0. The summed E-state index contributed by atoms with van der Waals surface area (Å²) in [7, 11) is 0. The van der Waals surface area contributed by atoms with Gasteiger partial charge in [0, 0.05) is 5.56 Å². The van der Waals surface area contributed by atoms with E-state index in [0.717, 1.165) is 6.07 Å². The zero-order chi connectivity index (χ0) is 22.1. The Morgan fingerprint density at radius 1 is 0.862 bits per heavy atom. The Hall–Kier alpha value is -2.73. The number of nitrogens with zero attached hydrogens (tertiary/aromatic N) is 1. The number of ether oxygens (including phenoxy) is 1. The molecule has 2 aromatic rings. The third kappa shape index (κ3) is 5.01. The van der Waals surface area contributed by atoms with Gasteiger partial charge in [-0.25, -0.2) is 5.43 Å². The van der Waals surface area contributed by atoms with Crippen molar-refractivity contribution in [2.75, 3.05) is 6.61 Å². The minimum absolute atomic E-state index is 0.128. The molecule has 0 heterocycles. The zero-order valence-electron chi connectivity index (χ0n) is 13.9. The van der Waals surface area contributed by atoms with Crippen LogP contribution < -0.4 is 10.2 Å². The number of hydrazone groups is 1. The van der Waals surface area contributed by atoms with Gasteiger partial charge in [-0.1, -0.05) is 30.3 Å². The van der Waals surface area contributed by atoms with Crippen LogP contribution in [0.1, 0.15) is 5.56 Å². The van der Waals surface area contributed by atoms with Gasteiger partial charge in [-0.3, -0.25) is 0 Å². The van der Waals surface area contributed by atoms with Gasteiger partial charge in [0.2, 0.25) is 0 Å². The topological polar surface area (TPSA) is 33.6 Å². The number of hydrogen-bond donors (Lipinski definition) is 1. The molecule has 2 rings (SSSR count). The van der Waals surface area contributed by atoms with Crippen molar-refractivity contribution in [2.45, 2.75) is 24.3 Å². The Morgan fingerprint density at radius 2 is 1.48 bits per heavy atom. The van der Waals surface area contributed by atoms with Gasteiger partial charge >= 0.3 is 24.3 Å². The molecule has 3 nitrogen and oxygen atoms in total. The van der Waals surface area contributed by atoms with E-state index in [2.05, 4.69) is 9.84 Å². The summed E-state index contributed by atoms with van der Waals surface area (Å²) in [5.74, 6) is -6.96. The maximum absolute atomic E-state index is 13.2. The van der Waals surface area contributed by atoms with E-state index in [1.807, 2.05) is 0 Å². The van der Waals surface area contributed by atoms with E-state index in [9.17, 15) is 43.9 Å². The number of benzene rings is 2. The Bertz CT molecular complexity index is 889. The molecule has 0 fully saturated rings. The molecule has 0 aliphatic carbocycles. The molecule has 0 saturated heterocycles. The normalized spacial score (nSPS) is 13.9. The first-order chi connectivity index (χ1) is 13.2. The Kier molecular flexibility index (Phi) is 5.91. The lowest BCUT2D eigenvalue weighted by atomic mass is 10.0. The predicted octanol–water partition coefficient (Wildman–Crippen LogP) is 5.49. The Labute approximate surface area is 155 Å². The van der Waals surface area contributed by atoms with Crippen LogP contribution in [0.5, 0.6) is 5.75 Å². The molecule has 0 aliphatic heterocycles. The van der Waals surface area contributed by atoms with Crippen LogP contribution in [0.25, 0.3) is 10.8 Å². The first-order valence-corrected chi connectivity index (χ1v) is 7.49. The number of halogens is 10. The number of fused-ring (bicyclic) bond motifs is 1. The van der Waals surface area contributed by atoms with Crippen LogP contribution in [-0.2, 0) is 0 Å². The summed E-state index contributed by atoms with van der Waals surface area (Å²) in [4.78, 5) is 0. The SMILES string of the molecule is FC(F)(F)COc1ccc2ccccc2c1/C=N/NC(F)(F)C(F)(F)C(F)(F)F. The third-order valence-electron chi connectivity index (χ3n) is 3.47. The van der Waals surface area contributed by atoms with Gasteiger partial charge in [0.15, 0.2) is 6.61 Å². The summed E-state index contributed by atoms with van der Waals surface area (Å²) in [6, 6.07) is 2.33. The zero-order valence-corrected chi connectivity index (χ0v) is 13.9. The van der Waals surface area contributed by atoms with Gasteiger partial charge in [0.25, 0.3) is 0 Å². The molecular weight excluding hydrogens is 426 g/mol. The van der Waals surface area contributed by atoms with Gasteiger partial charge < -0.3 is 4.74 Å². The standard InChI is InChI=1S/C16H10F10N2O/c17-13(18,19)8-29-12-6-5-9-3-1-2-4-10(9)11(12)7-27-28-16(25,26)14(20,21)15(22,23)24/h1-7,28H,8H2/b27-7+. The quantitative estimate of drug-likeness (QED) is 0.281. The first kappa shape index (κ1) is 22.6. The van der Waals surface area contributed by atoms with Crippen LogP contribution in [0, 0.1) is 0 Å². The fourth-order valence-corrected chi connectivity index (χ4v) is 2.12. The van der Waals surface area contributed by atoms with E-state index in [1.54, 1.807) is 0 Å². The molecule has 0 unspecified atom stereocenters. The number of hydrogen-bond acceptors (Lipinski definition) is 3. The molecule has 13 heteroatoms. The van der Waals surface area contributed by atoms with Crippen molar-refractivity contribution in [3.63, 3.8) is 0 Å². The molecule has 0 aliphatic rings. The van der Waals surface area contributed by atoms with Crippen molar-refractivity contribution < 1.29 is 48.6 Å². The van der Waals surface area contributed by atoms with Crippen molar-refractivity contribution in [1.82, 2.24) is 5.43 Å². The van der Waals surface area contributed by atoms with Gasteiger partial charge in [-0.05, 0) is 16.8 Å². The van der Waals surface area contributed by atoms with E-state index >= 15 is 0 Å². The van der Waals surface area contributed by atoms with Crippen molar-refractivity contribution in [2.24, 2.45) is 5.10 Å². The van der Waals surface area contributed by atoms with Crippen LogP contribution in [-0.4, -0.2) is 37.1 Å². The molecule has 0 atom stereocenters. The number of nitrogens with one attached hydrogen (secondary N) is 1. The van der Waals surface area contributed by atoms with Crippen LogP contribution in [0.15, 0.2) is 41.5 Å². The smallest absolute Gasteiger partial charge is 0.462 e. The highest BCUT2D eigenvalue weighted by molar-refractivity contribution is 6.02. The second kappa shape index (κ2) is 7.59. The highest BCUT2D eigenvalue weighted by atomic mass is 19.4. The van der Waals surface area contributed by atoms with Crippen LogP contribution in [0.4, 0.5) is 43.9 Å².